The summed E-state index contributed by atoms with van der Waals surface area (Å²) >= 11 is 0. The van der Waals surface area contributed by atoms with Crippen LogP contribution in [0.3, 0.4) is 0 Å². The van der Waals surface area contributed by atoms with Crippen molar-refractivity contribution in [3.8, 4) is 0 Å². The van der Waals surface area contributed by atoms with Gasteiger partial charge in [0.25, 0.3) is 0 Å². The third-order valence-corrected chi connectivity index (χ3v) is 2.51. The molecule has 8 nitrogen and oxygen atoms in total. The van der Waals surface area contributed by atoms with Crippen LogP contribution in [0.2, 0.25) is 0 Å². The Morgan fingerprint density at radius 3 is 2.26 bits per heavy atom. The van der Waals surface area contributed by atoms with E-state index < -0.39 is 0 Å². The Labute approximate surface area is 113 Å². The second kappa shape index (κ2) is 6.72. The first-order valence-corrected chi connectivity index (χ1v) is 6.08. The minimum atomic E-state index is -0.0836. The van der Waals surface area contributed by atoms with E-state index in [1.54, 1.807) is 23.9 Å². The Morgan fingerprint density at radius 1 is 1.16 bits per heavy atom. The highest BCUT2D eigenvalue weighted by Gasteiger charge is 2.15. The second-order valence-electron chi connectivity index (χ2n) is 4.09. The third-order valence-electron chi connectivity index (χ3n) is 2.51. The maximum atomic E-state index is 11.5. The fraction of sp³-hybridized carbons (Fsp3) is 0.636. The molecular weight excluding hydrogens is 246 g/mol. The number of nitrogens with zero attached hydrogens (tertiary/aromatic N) is 5. The van der Waals surface area contributed by atoms with Crippen LogP contribution in [0, 0.1) is 0 Å². The number of amides is 1. The van der Waals surface area contributed by atoms with Gasteiger partial charge in [0.1, 0.15) is 0 Å². The largest absolute Gasteiger partial charge is 0.358 e. The van der Waals surface area contributed by atoms with E-state index in [4.69, 9.17) is 0 Å². The van der Waals surface area contributed by atoms with E-state index in [1.165, 1.54) is 0 Å². The van der Waals surface area contributed by atoms with Gasteiger partial charge >= 0.3 is 0 Å². The van der Waals surface area contributed by atoms with Crippen LogP contribution < -0.4 is 20.4 Å². The summed E-state index contributed by atoms with van der Waals surface area (Å²) in [6, 6.07) is 0. The van der Waals surface area contributed by atoms with Gasteiger partial charge in [-0.05, 0) is 6.92 Å². The second-order valence-corrected chi connectivity index (χ2v) is 4.09. The Kier molecular flexibility index (Phi) is 5.28. The molecule has 0 atom stereocenters. The predicted octanol–water partition coefficient (Wildman–Crippen LogP) is -0.448. The quantitative estimate of drug-likeness (QED) is 0.722. The van der Waals surface area contributed by atoms with Crippen LogP contribution in [0.15, 0.2) is 0 Å². The molecule has 1 rings (SSSR count). The molecule has 1 aromatic rings. The molecule has 0 aliphatic heterocycles. The molecule has 0 saturated carbocycles. The smallest absolute Gasteiger partial charge is 0.239 e. The first-order chi connectivity index (χ1) is 9.01. The maximum Gasteiger partial charge on any atom is 0.239 e. The normalized spacial score (nSPS) is 9.95. The molecule has 0 unspecified atom stereocenters. The lowest BCUT2D eigenvalue weighted by atomic mass is 10.5. The van der Waals surface area contributed by atoms with Crippen LogP contribution in [-0.4, -0.2) is 62.1 Å². The number of rotatable bonds is 6. The lowest BCUT2D eigenvalue weighted by Crippen LogP contribution is -2.37. The van der Waals surface area contributed by atoms with Gasteiger partial charge in [-0.3, -0.25) is 4.79 Å². The average Bonchev–Trinajstić information content (AvgIpc) is 2.43. The number of carbonyl (C=O) groups excluding carboxylic acids is 1. The SMILES string of the molecule is CCN(CC(=O)NC)c1nc(NC)nc(N(C)C)n1. The monoisotopic (exact) mass is 267 g/mol. The molecule has 0 aliphatic rings. The number of likely N-dealkylation sites (N-methyl/N-ethyl adjacent to an activating group) is 2. The summed E-state index contributed by atoms with van der Waals surface area (Å²) in [6.07, 6.45) is 0. The van der Waals surface area contributed by atoms with E-state index in [0.717, 1.165) is 0 Å². The van der Waals surface area contributed by atoms with E-state index in [9.17, 15) is 4.79 Å². The number of hydrogen-bond donors (Lipinski definition) is 2. The van der Waals surface area contributed by atoms with Gasteiger partial charge in [-0.2, -0.15) is 15.0 Å². The van der Waals surface area contributed by atoms with Crippen molar-refractivity contribution < 1.29 is 4.79 Å². The Morgan fingerprint density at radius 2 is 1.79 bits per heavy atom. The number of nitrogens with one attached hydrogen (secondary N) is 2. The summed E-state index contributed by atoms with van der Waals surface area (Å²) in [6.45, 7) is 2.79. The highest BCUT2D eigenvalue weighted by Crippen LogP contribution is 2.14. The fourth-order valence-electron chi connectivity index (χ4n) is 1.38. The van der Waals surface area contributed by atoms with E-state index in [0.29, 0.717) is 24.4 Å². The van der Waals surface area contributed by atoms with Crippen molar-refractivity contribution in [2.75, 3.05) is 56.4 Å². The van der Waals surface area contributed by atoms with Gasteiger partial charge in [-0.1, -0.05) is 0 Å². The third kappa shape index (κ3) is 3.94. The van der Waals surface area contributed by atoms with E-state index in [1.807, 2.05) is 21.0 Å². The zero-order valence-electron chi connectivity index (χ0n) is 12.1. The van der Waals surface area contributed by atoms with Gasteiger partial charge in [0.2, 0.25) is 23.8 Å². The molecule has 1 aromatic heterocycles. The molecule has 0 radical (unpaired) electrons. The van der Waals surface area contributed by atoms with Crippen LogP contribution in [-0.2, 0) is 4.79 Å². The summed E-state index contributed by atoms with van der Waals surface area (Å²) in [5.74, 6) is 1.42. The summed E-state index contributed by atoms with van der Waals surface area (Å²) in [5, 5.41) is 5.48. The van der Waals surface area contributed by atoms with Crippen molar-refractivity contribution in [3.63, 3.8) is 0 Å². The van der Waals surface area contributed by atoms with E-state index in [2.05, 4.69) is 25.6 Å². The highest BCUT2D eigenvalue weighted by molar-refractivity contribution is 5.80. The van der Waals surface area contributed by atoms with Gasteiger partial charge in [-0.15, -0.1) is 0 Å². The average molecular weight is 267 g/mol. The fourth-order valence-corrected chi connectivity index (χ4v) is 1.38. The predicted molar refractivity (Wildman–Crippen MR) is 75.7 cm³/mol. The molecule has 106 valence electrons. The molecule has 0 spiro atoms. The van der Waals surface area contributed by atoms with Crippen LogP contribution in [0.1, 0.15) is 6.92 Å². The van der Waals surface area contributed by atoms with Crippen molar-refractivity contribution >= 4 is 23.8 Å². The Bertz CT molecular complexity index is 435. The molecule has 8 heteroatoms. The lowest BCUT2D eigenvalue weighted by molar-refractivity contribution is -0.119. The molecule has 1 amide bonds. The standard InChI is InChI=1S/C11H21N7O/c1-6-18(7-8(19)12-2)11-15-9(13-3)14-10(16-11)17(4)5/h6-7H2,1-5H3,(H,12,19)(H,13,14,15,16). The minimum Gasteiger partial charge on any atom is -0.358 e. The molecule has 0 aromatic carbocycles. The van der Waals surface area contributed by atoms with Gasteiger partial charge in [0.15, 0.2) is 0 Å². The molecule has 0 bridgehead atoms. The zero-order valence-corrected chi connectivity index (χ0v) is 12.1. The van der Waals surface area contributed by atoms with Gasteiger partial charge in [-0.25, -0.2) is 0 Å². The van der Waals surface area contributed by atoms with E-state index in [-0.39, 0.29) is 12.5 Å². The van der Waals surface area contributed by atoms with Gasteiger partial charge in [0.05, 0.1) is 6.54 Å². The zero-order chi connectivity index (χ0) is 14.4. The molecule has 0 saturated heterocycles. The van der Waals surface area contributed by atoms with Crippen molar-refractivity contribution in [2.45, 2.75) is 6.92 Å². The van der Waals surface area contributed by atoms with Gasteiger partial charge in [0, 0.05) is 34.7 Å². The molecule has 1 heterocycles. The maximum absolute atomic E-state index is 11.5. The minimum absolute atomic E-state index is 0.0836. The first kappa shape index (κ1) is 14.9. The van der Waals surface area contributed by atoms with Crippen molar-refractivity contribution in [1.82, 2.24) is 20.3 Å². The van der Waals surface area contributed by atoms with Crippen LogP contribution in [0.4, 0.5) is 17.8 Å². The van der Waals surface area contributed by atoms with E-state index >= 15 is 0 Å². The van der Waals surface area contributed by atoms with Crippen molar-refractivity contribution in [2.24, 2.45) is 0 Å². The number of anilines is 3. The topological polar surface area (TPSA) is 86.3 Å². The summed E-state index contributed by atoms with van der Waals surface area (Å²) < 4.78 is 0. The first-order valence-electron chi connectivity index (χ1n) is 6.08. The number of hydrogen-bond acceptors (Lipinski definition) is 7. The molecule has 2 N–H and O–H groups in total. The molecule has 19 heavy (non-hydrogen) atoms. The van der Waals surface area contributed by atoms with Crippen molar-refractivity contribution in [3.05, 3.63) is 0 Å². The summed E-state index contributed by atoms with van der Waals surface area (Å²) in [7, 11) is 7.06. The summed E-state index contributed by atoms with van der Waals surface area (Å²) in [4.78, 5) is 27.9. The Hall–Kier alpha value is -2.12. The molecule has 0 fully saturated rings. The van der Waals surface area contributed by atoms with Crippen LogP contribution >= 0.6 is 0 Å². The summed E-state index contributed by atoms with van der Waals surface area (Å²) in [5.41, 5.74) is 0. The molecular formula is C11H21N7O. The van der Waals surface area contributed by atoms with Gasteiger partial charge < -0.3 is 20.4 Å². The van der Waals surface area contributed by atoms with Crippen molar-refractivity contribution in [1.29, 1.82) is 0 Å². The molecule has 0 aliphatic carbocycles. The highest BCUT2D eigenvalue weighted by atomic mass is 16.1. The van der Waals surface area contributed by atoms with Crippen LogP contribution in [0.25, 0.3) is 0 Å². The van der Waals surface area contributed by atoms with Crippen LogP contribution in [0.5, 0.6) is 0 Å². The number of aromatic nitrogens is 3. The number of carbonyl (C=O) groups is 1. The lowest BCUT2D eigenvalue weighted by Gasteiger charge is -2.21. The Balaban J connectivity index is 3.08.